The lowest BCUT2D eigenvalue weighted by atomic mass is 10.0. The van der Waals surface area contributed by atoms with E-state index >= 15 is 0 Å². The fourth-order valence-corrected chi connectivity index (χ4v) is 2.76. The molecule has 0 aliphatic rings. The van der Waals surface area contributed by atoms with Crippen LogP contribution in [0.1, 0.15) is 0 Å². The highest BCUT2D eigenvalue weighted by molar-refractivity contribution is 7.89. The number of nitrogens with two attached hydrogens (primary N) is 1. The Morgan fingerprint density at radius 1 is 1.00 bits per heavy atom. The minimum Gasteiger partial charge on any atom is -0.275 e. The average molecular weight is 314 g/mol. The summed E-state index contributed by atoms with van der Waals surface area (Å²) in [5.41, 5.74) is 3.54. The Morgan fingerprint density at radius 3 is 2.23 bits per heavy atom. The molecule has 2 aromatic heterocycles. The Bertz CT molecular complexity index is 900. The van der Waals surface area contributed by atoms with Gasteiger partial charge in [-0.2, -0.15) is 5.10 Å². The summed E-state index contributed by atoms with van der Waals surface area (Å²) in [4.78, 5) is 4.09. The molecule has 0 aliphatic heterocycles. The lowest BCUT2D eigenvalue weighted by Gasteiger charge is -2.04. The van der Waals surface area contributed by atoms with Crippen molar-refractivity contribution in [3.63, 3.8) is 0 Å². The second-order valence-electron chi connectivity index (χ2n) is 4.87. The fraction of sp³-hybridized carbons (Fsp3) is 0.0667. The molecule has 22 heavy (non-hydrogen) atoms. The summed E-state index contributed by atoms with van der Waals surface area (Å²) in [7, 11) is -1.85. The van der Waals surface area contributed by atoms with E-state index in [2.05, 4.69) is 10.1 Å². The molecule has 2 N–H and O–H groups in total. The van der Waals surface area contributed by atoms with Crippen molar-refractivity contribution in [3.05, 3.63) is 55.0 Å². The number of primary sulfonamides is 1. The van der Waals surface area contributed by atoms with Gasteiger partial charge in [-0.05, 0) is 29.8 Å². The summed E-state index contributed by atoms with van der Waals surface area (Å²) in [5, 5.41) is 9.59. The number of nitrogens with zero attached hydrogens (tertiary/aromatic N) is 3. The normalized spacial score (nSPS) is 11.5. The van der Waals surface area contributed by atoms with Crippen molar-refractivity contribution in [3.8, 4) is 22.4 Å². The molecule has 0 fully saturated rings. The van der Waals surface area contributed by atoms with Crippen LogP contribution in [0, 0.1) is 0 Å². The third-order valence-corrected chi connectivity index (χ3v) is 4.21. The van der Waals surface area contributed by atoms with Gasteiger partial charge in [0.2, 0.25) is 10.0 Å². The van der Waals surface area contributed by atoms with Crippen molar-refractivity contribution in [2.24, 2.45) is 12.2 Å². The van der Waals surface area contributed by atoms with E-state index in [-0.39, 0.29) is 4.90 Å². The zero-order valence-electron chi connectivity index (χ0n) is 11.8. The van der Waals surface area contributed by atoms with E-state index < -0.39 is 10.0 Å². The quantitative estimate of drug-likeness (QED) is 0.798. The third-order valence-electron chi connectivity index (χ3n) is 3.28. The van der Waals surface area contributed by atoms with Gasteiger partial charge in [0.25, 0.3) is 0 Å². The summed E-state index contributed by atoms with van der Waals surface area (Å²) in [6, 6.07) is 10.2. The van der Waals surface area contributed by atoms with Gasteiger partial charge in [-0.1, -0.05) is 12.1 Å². The number of hydrogen-bond donors (Lipinski definition) is 1. The SMILES string of the molecule is Cn1cc(-c2ccc(S(N)(=O)=O)cc2)c(-c2ccncc2)n1. The van der Waals surface area contributed by atoms with Crippen LogP contribution in [0.2, 0.25) is 0 Å². The first-order chi connectivity index (χ1) is 10.4. The molecule has 0 bridgehead atoms. The van der Waals surface area contributed by atoms with E-state index in [1.165, 1.54) is 12.1 Å². The monoisotopic (exact) mass is 314 g/mol. The summed E-state index contributed by atoms with van der Waals surface area (Å²) < 4.78 is 24.4. The molecule has 112 valence electrons. The molecule has 3 aromatic rings. The van der Waals surface area contributed by atoms with E-state index in [1.54, 1.807) is 29.2 Å². The van der Waals surface area contributed by atoms with Crippen LogP contribution >= 0.6 is 0 Å². The second-order valence-corrected chi connectivity index (χ2v) is 6.43. The number of aromatic nitrogens is 3. The van der Waals surface area contributed by atoms with Gasteiger partial charge in [-0.15, -0.1) is 0 Å². The van der Waals surface area contributed by atoms with E-state index in [9.17, 15) is 8.42 Å². The topological polar surface area (TPSA) is 90.9 Å². The molecule has 0 amide bonds. The average Bonchev–Trinajstić information content (AvgIpc) is 2.89. The predicted molar refractivity (Wildman–Crippen MR) is 83.2 cm³/mol. The number of sulfonamides is 1. The zero-order chi connectivity index (χ0) is 15.7. The molecule has 0 spiro atoms. The molecule has 0 atom stereocenters. The van der Waals surface area contributed by atoms with Crippen LogP contribution in [0.15, 0.2) is 59.9 Å². The van der Waals surface area contributed by atoms with Crippen molar-refractivity contribution in [2.75, 3.05) is 0 Å². The molecule has 0 aliphatic carbocycles. The Morgan fingerprint density at radius 2 is 1.64 bits per heavy atom. The number of rotatable bonds is 3. The van der Waals surface area contributed by atoms with E-state index in [0.717, 1.165) is 22.4 Å². The van der Waals surface area contributed by atoms with Crippen LogP contribution in [-0.2, 0) is 17.1 Å². The highest BCUT2D eigenvalue weighted by Crippen LogP contribution is 2.30. The molecule has 0 unspecified atom stereocenters. The van der Waals surface area contributed by atoms with Crippen molar-refractivity contribution in [1.82, 2.24) is 14.8 Å². The Balaban J connectivity index is 2.10. The first-order valence-electron chi connectivity index (χ1n) is 6.52. The zero-order valence-corrected chi connectivity index (χ0v) is 12.7. The number of hydrogen-bond acceptors (Lipinski definition) is 4. The van der Waals surface area contributed by atoms with Gasteiger partial charge in [0.1, 0.15) is 5.69 Å². The maximum absolute atomic E-state index is 11.3. The molecule has 1 aromatic carbocycles. The largest absolute Gasteiger partial charge is 0.275 e. The summed E-state index contributed by atoms with van der Waals surface area (Å²) >= 11 is 0. The molecule has 6 nitrogen and oxygen atoms in total. The fourth-order valence-electron chi connectivity index (χ4n) is 2.25. The summed E-state index contributed by atoms with van der Waals surface area (Å²) in [5.74, 6) is 0. The van der Waals surface area contributed by atoms with Crippen LogP contribution < -0.4 is 5.14 Å². The second kappa shape index (κ2) is 5.36. The Kier molecular flexibility index (Phi) is 3.51. The van der Waals surface area contributed by atoms with Crippen molar-refractivity contribution < 1.29 is 8.42 Å². The highest BCUT2D eigenvalue weighted by Gasteiger charge is 2.13. The molecule has 3 rings (SSSR count). The van der Waals surface area contributed by atoms with Crippen molar-refractivity contribution in [1.29, 1.82) is 0 Å². The van der Waals surface area contributed by atoms with Crippen LogP contribution in [0.25, 0.3) is 22.4 Å². The minimum atomic E-state index is -3.69. The lowest BCUT2D eigenvalue weighted by Crippen LogP contribution is -2.11. The minimum absolute atomic E-state index is 0.0885. The molecule has 2 heterocycles. The molecule has 0 saturated carbocycles. The standard InChI is InChI=1S/C15H14N4O2S/c1-19-10-14(15(18-19)12-6-8-17-9-7-12)11-2-4-13(5-3-11)22(16,20)21/h2-10H,1H3,(H2,16,20,21). The number of aryl methyl sites for hydroxylation is 1. The number of pyridine rings is 1. The third kappa shape index (κ3) is 2.76. The van der Waals surface area contributed by atoms with Crippen LogP contribution in [0.5, 0.6) is 0 Å². The van der Waals surface area contributed by atoms with Crippen molar-refractivity contribution >= 4 is 10.0 Å². The summed E-state index contributed by atoms with van der Waals surface area (Å²) in [6.07, 6.45) is 5.30. The predicted octanol–water partition coefficient (Wildman–Crippen LogP) is 1.80. The lowest BCUT2D eigenvalue weighted by molar-refractivity contribution is 0.598. The van der Waals surface area contributed by atoms with Crippen LogP contribution in [0.3, 0.4) is 0 Å². The highest BCUT2D eigenvalue weighted by atomic mass is 32.2. The van der Waals surface area contributed by atoms with Gasteiger partial charge in [-0.3, -0.25) is 9.67 Å². The first kappa shape index (κ1) is 14.4. The van der Waals surface area contributed by atoms with Crippen molar-refractivity contribution in [2.45, 2.75) is 4.90 Å². The van der Waals surface area contributed by atoms with E-state index in [0.29, 0.717) is 0 Å². The molecule has 7 heteroatoms. The number of benzene rings is 1. The Labute approximate surface area is 128 Å². The van der Waals surface area contributed by atoms with E-state index in [1.807, 2.05) is 25.4 Å². The molecular formula is C15H14N4O2S. The van der Waals surface area contributed by atoms with Gasteiger partial charge in [0.05, 0.1) is 4.90 Å². The summed E-state index contributed by atoms with van der Waals surface area (Å²) in [6.45, 7) is 0. The van der Waals surface area contributed by atoms with Gasteiger partial charge < -0.3 is 0 Å². The van der Waals surface area contributed by atoms with Gasteiger partial charge in [0, 0.05) is 36.8 Å². The molecule has 0 saturated heterocycles. The van der Waals surface area contributed by atoms with Gasteiger partial charge in [-0.25, -0.2) is 13.6 Å². The smallest absolute Gasteiger partial charge is 0.238 e. The Hall–Kier alpha value is -2.51. The van der Waals surface area contributed by atoms with Crippen LogP contribution in [-0.4, -0.2) is 23.2 Å². The molecule has 0 radical (unpaired) electrons. The first-order valence-corrected chi connectivity index (χ1v) is 8.07. The van der Waals surface area contributed by atoms with Gasteiger partial charge in [0.15, 0.2) is 0 Å². The van der Waals surface area contributed by atoms with E-state index in [4.69, 9.17) is 5.14 Å². The maximum atomic E-state index is 11.3. The van der Waals surface area contributed by atoms with Gasteiger partial charge >= 0.3 is 0 Å². The maximum Gasteiger partial charge on any atom is 0.238 e. The van der Waals surface area contributed by atoms with Crippen LogP contribution in [0.4, 0.5) is 0 Å². The molecular weight excluding hydrogens is 300 g/mol.